The fourth-order valence-electron chi connectivity index (χ4n) is 9.33. The second-order valence-electron chi connectivity index (χ2n) is 16.4. The van der Waals surface area contributed by atoms with Crippen molar-refractivity contribution in [2.24, 2.45) is 11.3 Å². The number of piperidine rings is 2. The molecule has 3 amide bonds. The third kappa shape index (κ3) is 9.39. The number of ether oxygens (including phenoxy) is 2. The molecule has 0 radical (unpaired) electrons. The topological polar surface area (TPSA) is 137 Å². The van der Waals surface area contributed by atoms with E-state index in [2.05, 4.69) is 60.6 Å². The first-order valence-electron chi connectivity index (χ1n) is 20.8. The largest absolute Gasteiger partial charge is 0.508 e. The summed E-state index contributed by atoms with van der Waals surface area (Å²) >= 11 is 0. The zero-order chi connectivity index (χ0) is 39.9. The molecule has 1 aromatic heterocycles. The van der Waals surface area contributed by atoms with Gasteiger partial charge in [0.2, 0.25) is 17.7 Å². The number of amides is 3. The summed E-state index contributed by atoms with van der Waals surface area (Å²) in [6.07, 6.45) is 7.96. The van der Waals surface area contributed by atoms with E-state index in [1.165, 1.54) is 56.6 Å². The number of nitrogens with zero attached hydrogens (tertiary/aromatic N) is 4. The lowest BCUT2D eigenvalue weighted by Gasteiger charge is -2.54. The summed E-state index contributed by atoms with van der Waals surface area (Å²) < 4.78 is 11.4. The molecule has 5 aliphatic heterocycles. The summed E-state index contributed by atoms with van der Waals surface area (Å²) in [5, 5.41) is 14.1. The minimum absolute atomic E-state index is 0.207. The molecule has 12 heteroatoms. The van der Waals surface area contributed by atoms with Crippen LogP contribution in [0.25, 0.3) is 0 Å². The van der Waals surface area contributed by atoms with Crippen LogP contribution in [0, 0.1) is 11.3 Å². The van der Waals surface area contributed by atoms with Crippen molar-refractivity contribution in [2.45, 2.75) is 63.5 Å². The highest BCUT2D eigenvalue weighted by molar-refractivity contribution is 6.03. The molecule has 3 aromatic carbocycles. The molecule has 1 spiro atoms. The van der Waals surface area contributed by atoms with Gasteiger partial charge in [0.1, 0.15) is 35.5 Å². The predicted molar refractivity (Wildman–Crippen MR) is 222 cm³/mol. The highest BCUT2D eigenvalue weighted by atomic mass is 16.5. The number of rotatable bonds is 5. The monoisotopic (exact) mass is 786 g/mol. The average molecular weight is 787 g/mol. The SMILES string of the molecule is O=C1CCC(NC(=O)c2ccc3c(n2)OCC2CN(CC4CC5(CCN(c6ccccc6)CC5)C4)CCN32)C(=O)N1.Oc1ccc2c(c1)OCCC2.c1ccccc1. The second-order valence-corrected chi connectivity index (χ2v) is 16.4. The number of phenolic OH excluding ortho intramolecular Hbond substituents is 1. The van der Waals surface area contributed by atoms with Crippen LogP contribution >= 0.6 is 0 Å². The minimum atomic E-state index is -0.732. The number of anilines is 2. The van der Waals surface area contributed by atoms with Gasteiger partial charge in [-0.25, -0.2) is 4.98 Å². The molecule has 4 fully saturated rings. The zero-order valence-corrected chi connectivity index (χ0v) is 33.1. The number of aromatic nitrogens is 1. The van der Waals surface area contributed by atoms with E-state index in [1.807, 2.05) is 48.5 Å². The predicted octanol–water partition coefficient (Wildman–Crippen LogP) is 5.60. The molecule has 304 valence electrons. The van der Waals surface area contributed by atoms with Crippen LogP contribution < -0.4 is 29.9 Å². The molecule has 6 aliphatic rings. The number of piperazine rings is 1. The molecule has 4 aromatic rings. The second kappa shape index (κ2) is 17.9. The van der Waals surface area contributed by atoms with Crippen LogP contribution in [-0.2, 0) is 16.0 Å². The summed E-state index contributed by atoms with van der Waals surface area (Å²) in [5.41, 5.74) is 4.24. The Morgan fingerprint density at radius 3 is 2.36 bits per heavy atom. The number of hydrogen-bond acceptors (Lipinski definition) is 10. The molecule has 10 rings (SSSR count). The summed E-state index contributed by atoms with van der Waals surface area (Å²) in [6.45, 7) is 7.72. The quantitative estimate of drug-likeness (QED) is 0.220. The molecule has 2 atom stereocenters. The van der Waals surface area contributed by atoms with Crippen LogP contribution in [0.4, 0.5) is 11.4 Å². The van der Waals surface area contributed by atoms with E-state index in [0.717, 1.165) is 56.4 Å². The lowest BCUT2D eigenvalue weighted by atomic mass is 9.57. The molecule has 2 unspecified atom stereocenters. The summed E-state index contributed by atoms with van der Waals surface area (Å²) in [6, 6.07) is 31.2. The van der Waals surface area contributed by atoms with Crippen LogP contribution in [0.2, 0.25) is 0 Å². The number of phenols is 1. The van der Waals surface area contributed by atoms with Gasteiger partial charge in [0.25, 0.3) is 5.91 Å². The number of hydrogen-bond donors (Lipinski definition) is 3. The van der Waals surface area contributed by atoms with Gasteiger partial charge in [0.15, 0.2) is 0 Å². The van der Waals surface area contributed by atoms with E-state index in [9.17, 15) is 14.4 Å². The van der Waals surface area contributed by atoms with Gasteiger partial charge in [0, 0.05) is 57.4 Å². The van der Waals surface area contributed by atoms with Gasteiger partial charge in [-0.2, -0.15) is 0 Å². The molecule has 12 nitrogen and oxygen atoms in total. The van der Waals surface area contributed by atoms with Crippen molar-refractivity contribution in [3.8, 4) is 17.4 Å². The minimum Gasteiger partial charge on any atom is -0.508 e. The Balaban J connectivity index is 0.000000226. The van der Waals surface area contributed by atoms with Crippen LogP contribution in [0.3, 0.4) is 0 Å². The van der Waals surface area contributed by atoms with Crippen LogP contribution in [0.5, 0.6) is 17.4 Å². The highest BCUT2D eigenvalue weighted by Gasteiger charge is 2.46. The van der Waals surface area contributed by atoms with Gasteiger partial charge < -0.3 is 29.7 Å². The maximum Gasteiger partial charge on any atom is 0.270 e. The summed E-state index contributed by atoms with van der Waals surface area (Å²) in [7, 11) is 0. The first-order chi connectivity index (χ1) is 28.3. The maximum absolute atomic E-state index is 12.8. The van der Waals surface area contributed by atoms with Crippen molar-refractivity contribution < 1.29 is 29.0 Å². The highest BCUT2D eigenvalue weighted by Crippen LogP contribution is 2.53. The van der Waals surface area contributed by atoms with Gasteiger partial charge >= 0.3 is 0 Å². The molecule has 1 aliphatic carbocycles. The molecule has 3 N–H and O–H groups in total. The number of benzene rings is 3. The number of aromatic hydroxyl groups is 1. The average Bonchev–Trinajstić information content (AvgIpc) is 3.25. The Bertz CT molecular complexity index is 2010. The van der Waals surface area contributed by atoms with Crippen LogP contribution in [0.1, 0.15) is 61.0 Å². The Kier molecular flexibility index (Phi) is 12.1. The number of fused-ring (bicyclic) bond motifs is 4. The molecular formula is C46H54N6O6. The van der Waals surface area contributed by atoms with E-state index in [0.29, 0.717) is 24.3 Å². The van der Waals surface area contributed by atoms with E-state index >= 15 is 0 Å². The number of aryl methyl sites for hydroxylation is 1. The molecular weight excluding hydrogens is 733 g/mol. The van der Waals surface area contributed by atoms with Crippen LogP contribution in [0.15, 0.2) is 97.1 Å². The smallest absolute Gasteiger partial charge is 0.270 e. The van der Waals surface area contributed by atoms with Crippen molar-refractivity contribution >= 4 is 29.1 Å². The molecule has 0 bridgehead atoms. The van der Waals surface area contributed by atoms with Crippen molar-refractivity contribution in [2.75, 3.05) is 62.3 Å². The number of para-hydroxylation sites is 1. The standard InChI is InChI=1S/C31H38N6O4.C9H10O2.C6H6/c38-27-9-7-24(29(40)34-27)32-28(39)25-6-8-26-30(33-25)41-20-23-19-35(14-15-37(23)26)18-21-16-31(17-21)10-12-36(13-11-31)22-4-2-1-3-5-22;10-8-4-3-7-2-1-5-11-9(7)6-8;1-2-4-6-5-3-1/h1-6,8,21,23-24H,7,9-20H2,(H,32,39)(H,34,38,40);3-4,6,10H,1-2,5H2;1-6H. The summed E-state index contributed by atoms with van der Waals surface area (Å²) in [5.74, 6) is 1.15. The third-order valence-electron chi connectivity index (χ3n) is 12.4. The van der Waals surface area contributed by atoms with Crippen LogP contribution in [-0.4, -0.2) is 97.3 Å². The Labute approximate surface area is 340 Å². The van der Waals surface area contributed by atoms with E-state index in [1.54, 1.807) is 18.2 Å². The van der Waals surface area contributed by atoms with Gasteiger partial charge in [-0.05, 0) is 92.2 Å². The normalized spacial score (nSPS) is 22.1. The Hall–Kier alpha value is -5.62. The molecule has 1 saturated carbocycles. The van der Waals surface area contributed by atoms with E-state index in [-0.39, 0.29) is 29.8 Å². The summed E-state index contributed by atoms with van der Waals surface area (Å²) in [4.78, 5) is 48.2. The van der Waals surface area contributed by atoms with Crippen molar-refractivity contribution in [1.29, 1.82) is 0 Å². The fraction of sp³-hybridized carbons (Fsp3) is 0.435. The first-order valence-corrected chi connectivity index (χ1v) is 20.8. The number of carbonyl (C=O) groups is 3. The van der Waals surface area contributed by atoms with Gasteiger partial charge in [-0.3, -0.25) is 24.6 Å². The Morgan fingerprint density at radius 1 is 0.879 bits per heavy atom. The molecule has 3 saturated heterocycles. The van der Waals surface area contributed by atoms with E-state index in [4.69, 9.17) is 14.6 Å². The Morgan fingerprint density at radius 2 is 1.62 bits per heavy atom. The van der Waals surface area contributed by atoms with Crippen molar-refractivity contribution in [1.82, 2.24) is 20.5 Å². The van der Waals surface area contributed by atoms with Crippen molar-refractivity contribution in [3.63, 3.8) is 0 Å². The zero-order valence-electron chi connectivity index (χ0n) is 33.1. The van der Waals surface area contributed by atoms with Gasteiger partial charge in [0.05, 0.1) is 12.6 Å². The number of imide groups is 1. The number of pyridine rings is 1. The lowest BCUT2D eigenvalue weighted by molar-refractivity contribution is -0.134. The molecule has 6 heterocycles. The van der Waals surface area contributed by atoms with Crippen molar-refractivity contribution in [3.05, 3.63) is 108 Å². The number of nitrogens with one attached hydrogen (secondary N) is 2. The fourth-order valence-corrected chi connectivity index (χ4v) is 9.33. The van der Waals surface area contributed by atoms with E-state index < -0.39 is 17.9 Å². The first kappa shape index (κ1) is 39.2. The third-order valence-corrected chi connectivity index (χ3v) is 12.4. The number of carbonyl (C=O) groups excluding carboxylic acids is 3. The lowest BCUT2D eigenvalue weighted by Crippen LogP contribution is -2.59. The maximum atomic E-state index is 12.8. The van der Waals surface area contributed by atoms with Gasteiger partial charge in [-0.1, -0.05) is 60.7 Å². The molecule has 58 heavy (non-hydrogen) atoms. The van der Waals surface area contributed by atoms with Gasteiger partial charge in [-0.15, -0.1) is 0 Å².